The average Bonchev–Trinajstić information content (AvgIpc) is 2.68. The van der Waals surface area contributed by atoms with Gasteiger partial charge in [-0.15, -0.1) is 0 Å². The molecule has 2 heterocycles. The zero-order chi connectivity index (χ0) is 20.3. The lowest BCUT2D eigenvalue weighted by Crippen LogP contribution is -2.39. The van der Waals surface area contributed by atoms with E-state index in [0.717, 1.165) is 12.8 Å². The Kier molecular flexibility index (Phi) is 6.59. The summed E-state index contributed by atoms with van der Waals surface area (Å²) in [4.78, 5) is 20.8. The zero-order valence-corrected chi connectivity index (χ0v) is 17.9. The first-order valence-electron chi connectivity index (χ1n) is 8.79. The van der Waals surface area contributed by atoms with Gasteiger partial charge in [0.05, 0.1) is 16.1 Å². The lowest BCUT2D eigenvalue weighted by molar-refractivity contribution is 0.102. The van der Waals surface area contributed by atoms with Crippen molar-refractivity contribution in [1.29, 1.82) is 0 Å². The second-order valence-corrected chi connectivity index (χ2v) is 9.76. The SMILES string of the molecule is CSc1ncc(Cl)c(C(=O)Nc2ccc(S(=O)(=O)N3CCC[C@@H](C)C3)cc2)n1. The molecule has 28 heavy (non-hydrogen) atoms. The number of anilines is 1. The van der Waals surface area contributed by atoms with Crippen molar-refractivity contribution in [3.8, 4) is 0 Å². The summed E-state index contributed by atoms with van der Waals surface area (Å²) >= 11 is 7.32. The number of hydrogen-bond acceptors (Lipinski definition) is 6. The van der Waals surface area contributed by atoms with Gasteiger partial charge in [-0.05, 0) is 49.3 Å². The van der Waals surface area contributed by atoms with E-state index in [1.54, 1.807) is 18.4 Å². The van der Waals surface area contributed by atoms with Gasteiger partial charge >= 0.3 is 0 Å². The standard InChI is InChI=1S/C18H21ClN4O3S2/c1-12-4-3-9-23(11-12)28(25,26)14-7-5-13(6-8-14)21-17(24)16-15(19)10-20-18(22-16)27-2/h5-8,10,12H,3-4,9,11H2,1-2H3,(H,21,24)/t12-/m1/s1. The van der Waals surface area contributed by atoms with Crippen molar-refractivity contribution in [2.45, 2.75) is 29.8 Å². The number of carbonyl (C=O) groups excluding carboxylic acids is 1. The zero-order valence-electron chi connectivity index (χ0n) is 15.6. The lowest BCUT2D eigenvalue weighted by atomic mass is 10.0. The van der Waals surface area contributed by atoms with Gasteiger partial charge in [0.2, 0.25) is 10.0 Å². The number of amides is 1. The maximum Gasteiger partial charge on any atom is 0.275 e. The van der Waals surface area contributed by atoms with Gasteiger partial charge in [-0.1, -0.05) is 30.3 Å². The monoisotopic (exact) mass is 440 g/mol. The van der Waals surface area contributed by atoms with Crippen molar-refractivity contribution in [3.63, 3.8) is 0 Å². The summed E-state index contributed by atoms with van der Waals surface area (Å²) in [6, 6.07) is 6.11. The van der Waals surface area contributed by atoms with Crippen LogP contribution in [0.4, 0.5) is 5.69 Å². The number of thioether (sulfide) groups is 1. The molecule has 0 radical (unpaired) electrons. The third kappa shape index (κ3) is 4.65. The fraction of sp³-hybridized carbons (Fsp3) is 0.389. The normalized spacial score (nSPS) is 18.0. The van der Waals surface area contributed by atoms with Crippen LogP contribution in [0.5, 0.6) is 0 Å². The van der Waals surface area contributed by atoms with Crippen molar-refractivity contribution >= 4 is 45.0 Å². The maximum atomic E-state index is 12.8. The molecule has 3 rings (SSSR count). The highest BCUT2D eigenvalue weighted by Gasteiger charge is 2.28. The highest BCUT2D eigenvalue weighted by molar-refractivity contribution is 7.98. The molecule has 1 N–H and O–H groups in total. The lowest BCUT2D eigenvalue weighted by Gasteiger charge is -2.30. The van der Waals surface area contributed by atoms with Crippen LogP contribution in [0.2, 0.25) is 5.02 Å². The Balaban J connectivity index is 1.75. The summed E-state index contributed by atoms with van der Waals surface area (Å²) in [6.45, 7) is 3.13. The molecule has 0 saturated carbocycles. The molecule has 1 fully saturated rings. The number of rotatable bonds is 5. The number of sulfonamides is 1. The molecule has 1 atom stereocenters. The number of nitrogens with one attached hydrogen (secondary N) is 1. The molecule has 0 unspecified atom stereocenters. The van der Waals surface area contributed by atoms with Gasteiger partial charge in [0, 0.05) is 18.8 Å². The number of aromatic nitrogens is 2. The van der Waals surface area contributed by atoms with Crippen LogP contribution in [0.1, 0.15) is 30.3 Å². The van der Waals surface area contributed by atoms with E-state index in [1.807, 2.05) is 0 Å². The van der Waals surface area contributed by atoms with Crippen molar-refractivity contribution in [2.24, 2.45) is 5.92 Å². The molecule has 2 aromatic rings. The molecule has 7 nitrogen and oxygen atoms in total. The topological polar surface area (TPSA) is 92.3 Å². The molecular formula is C18H21ClN4O3S2. The fourth-order valence-corrected chi connectivity index (χ4v) is 5.14. The highest BCUT2D eigenvalue weighted by atomic mass is 35.5. The minimum absolute atomic E-state index is 0.0695. The third-order valence-corrected chi connectivity index (χ3v) is 7.21. The Labute approximate surface area is 173 Å². The number of benzene rings is 1. The van der Waals surface area contributed by atoms with Crippen LogP contribution in [0.3, 0.4) is 0 Å². The molecule has 1 aromatic heterocycles. The first-order chi connectivity index (χ1) is 13.3. The van der Waals surface area contributed by atoms with E-state index in [9.17, 15) is 13.2 Å². The number of piperidine rings is 1. The predicted octanol–water partition coefficient (Wildman–Crippen LogP) is 3.52. The predicted molar refractivity (Wildman–Crippen MR) is 110 cm³/mol. The molecule has 150 valence electrons. The van der Waals surface area contributed by atoms with E-state index in [4.69, 9.17) is 11.6 Å². The van der Waals surface area contributed by atoms with E-state index in [1.165, 1.54) is 34.4 Å². The van der Waals surface area contributed by atoms with E-state index in [2.05, 4.69) is 22.2 Å². The second-order valence-electron chi connectivity index (χ2n) is 6.64. The minimum Gasteiger partial charge on any atom is -0.321 e. The molecular weight excluding hydrogens is 420 g/mol. The summed E-state index contributed by atoms with van der Waals surface area (Å²) < 4.78 is 27.1. The first kappa shape index (κ1) is 21.0. The van der Waals surface area contributed by atoms with Crippen LogP contribution >= 0.6 is 23.4 Å². The molecule has 1 aliphatic heterocycles. The summed E-state index contributed by atoms with van der Waals surface area (Å²) in [6.07, 6.45) is 5.09. The second kappa shape index (κ2) is 8.77. The van der Waals surface area contributed by atoms with Crippen LogP contribution in [-0.4, -0.2) is 47.9 Å². The Morgan fingerprint density at radius 3 is 2.68 bits per heavy atom. The average molecular weight is 441 g/mol. The Morgan fingerprint density at radius 1 is 1.32 bits per heavy atom. The van der Waals surface area contributed by atoms with Crippen LogP contribution in [0.25, 0.3) is 0 Å². The Bertz CT molecular complexity index is 967. The summed E-state index contributed by atoms with van der Waals surface area (Å²) in [5.41, 5.74) is 0.524. The summed E-state index contributed by atoms with van der Waals surface area (Å²) in [7, 11) is -3.53. The van der Waals surface area contributed by atoms with Gasteiger partial charge in [0.1, 0.15) is 0 Å². The largest absolute Gasteiger partial charge is 0.321 e. The fourth-order valence-electron chi connectivity index (χ4n) is 3.02. The van der Waals surface area contributed by atoms with Gasteiger partial charge < -0.3 is 5.32 Å². The Morgan fingerprint density at radius 2 is 2.04 bits per heavy atom. The van der Waals surface area contributed by atoms with E-state index < -0.39 is 15.9 Å². The van der Waals surface area contributed by atoms with Crippen molar-refractivity contribution in [1.82, 2.24) is 14.3 Å². The van der Waals surface area contributed by atoms with Gasteiger partial charge in [0.15, 0.2) is 10.9 Å². The molecule has 1 saturated heterocycles. The van der Waals surface area contributed by atoms with Crippen LogP contribution < -0.4 is 5.32 Å². The van der Waals surface area contributed by atoms with Crippen LogP contribution in [0.15, 0.2) is 40.5 Å². The minimum atomic E-state index is -3.53. The highest BCUT2D eigenvalue weighted by Crippen LogP contribution is 2.25. The smallest absolute Gasteiger partial charge is 0.275 e. The molecule has 0 bridgehead atoms. The molecule has 10 heteroatoms. The third-order valence-electron chi connectivity index (χ3n) is 4.49. The number of halogens is 1. The van der Waals surface area contributed by atoms with Crippen molar-refractivity contribution < 1.29 is 13.2 Å². The molecule has 1 aliphatic rings. The van der Waals surface area contributed by atoms with Crippen molar-refractivity contribution in [2.75, 3.05) is 24.7 Å². The summed E-state index contributed by atoms with van der Waals surface area (Å²) in [5, 5.41) is 3.27. The molecule has 0 spiro atoms. The van der Waals surface area contributed by atoms with Crippen molar-refractivity contribution in [3.05, 3.63) is 41.2 Å². The van der Waals surface area contributed by atoms with E-state index in [0.29, 0.717) is 29.9 Å². The van der Waals surface area contributed by atoms with Gasteiger partial charge in [-0.25, -0.2) is 18.4 Å². The number of nitrogens with zero attached hydrogens (tertiary/aromatic N) is 3. The van der Waals surface area contributed by atoms with Crippen LogP contribution in [-0.2, 0) is 10.0 Å². The molecule has 0 aliphatic carbocycles. The van der Waals surface area contributed by atoms with E-state index in [-0.39, 0.29) is 15.6 Å². The quantitative estimate of drug-likeness (QED) is 0.564. The summed E-state index contributed by atoms with van der Waals surface area (Å²) in [5.74, 6) is -0.131. The molecule has 1 aromatic carbocycles. The van der Waals surface area contributed by atoms with Gasteiger partial charge in [-0.3, -0.25) is 4.79 Å². The maximum absolute atomic E-state index is 12.8. The Hall–Kier alpha value is -1.68. The van der Waals surface area contributed by atoms with Crippen LogP contribution in [0, 0.1) is 5.92 Å². The van der Waals surface area contributed by atoms with Gasteiger partial charge in [-0.2, -0.15) is 4.31 Å². The van der Waals surface area contributed by atoms with E-state index >= 15 is 0 Å². The number of carbonyl (C=O) groups is 1. The number of hydrogen-bond donors (Lipinski definition) is 1. The molecule has 1 amide bonds. The first-order valence-corrected chi connectivity index (χ1v) is 11.8. The van der Waals surface area contributed by atoms with Gasteiger partial charge in [0.25, 0.3) is 5.91 Å².